The number of hydrogen-bond donors (Lipinski definition) is 1. The summed E-state index contributed by atoms with van der Waals surface area (Å²) in [5, 5.41) is 6.01. The zero-order valence-corrected chi connectivity index (χ0v) is 25.5. The van der Waals surface area contributed by atoms with E-state index in [9.17, 15) is 4.79 Å². The van der Waals surface area contributed by atoms with Crippen LogP contribution in [0, 0.1) is 5.92 Å². The van der Waals surface area contributed by atoms with E-state index in [1.54, 1.807) is 25.6 Å². The Labute approximate surface area is 238 Å². The molecule has 0 aliphatic heterocycles. The first-order valence-electron chi connectivity index (χ1n) is 13.7. The predicted octanol–water partition coefficient (Wildman–Crippen LogP) is 6.34. The van der Waals surface area contributed by atoms with E-state index in [2.05, 4.69) is 62.0 Å². The van der Waals surface area contributed by atoms with Gasteiger partial charge in [-0.3, -0.25) is 9.69 Å². The van der Waals surface area contributed by atoms with Gasteiger partial charge in [-0.05, 0) is 69.5 Å². The lowest BCUT2D eigenvalue weighted by Gasteiger charge is -2.33. The van der Waals surface area contributed by atoms with Crippen LogP contribution in [0.5, 0.6) is 11.5 Å². The lowest BCUT2D eigenvalue weighted by Crippen LogP contribution is -2.42. The Bertz CT molecular complexity index is 1180. The second-order valence-electron chi connectivity index (χ2n) is 10.7. The van der Waals surface area contributed by atoms with Crippen molar-refractivity contribution in [2.45, 2.75) is 60.2 Å². The van der Waals surface area contributed by atoms with Crippen molar-refractivity contribution < 1.29 is 14.3 Å². The number of carbonyl (C=O) groups is 1. The Morgan fingerprint density at radius 2 is 1.64 bits per heavy atom. The third kappa shape index (κ3) is 8.44. The number of anilines is 1. The van der Waals surface area contributed by atoms with Crippen LogP contribution in [0.25, 0.3) is 11.3 Å². The molecule has 2 aromatic carbocycles. The van der Waals surface area contributed by atoms with Crippen LogP contribution >= 0.6 is 11.3 Å². The van der Waals surface area contributed by atoms with Crippen LogP contribution in [0.15, 0.2) is 47.8 Å². The van der Waals surface area contributed by atoms with Gasteiger partial charge >= 0.3 is 0 Å². The fourth-order valence-electron chi connectivity index (χ4n) is 4.52. The molecule has 212 valence electrons. The summed E-state index contributed by atoms with van der Waals surface area (Å²) in [7, 11) is 3.33. The molecule has 39 heavy (non-hydrogen) atoms. The molecule has 1 N–H and O–H groups in total. The van der Waals surface area contributed by atoms with Gasteiger partial charge in [0.2, 0.25) is 0 Å². The quantitative estimate of drug-likeness (QED) is 0.252. The Morgan fingerprint density at radius 1 is 0.949 bits per heavy atom. The van der Waals surface area contributed by atoms with Gasteiger partial charge in [0.15, 0.2) is 5.13 Å². The Hall–Kier alpha value is -3.10. The molecule has 0 unspecified atom stereocenters. The highest BCUT2D eigenvalue weighted by Gasteiger charge is 2.19. The van der Waals surface area contributed by atoms with Gasteiger partial charge in [-0.2, -0.15) is 0 Å². The summed E-state index contributed by atoms with van der Waals surface area (Å²) in [5.41, 5.74) is 3.57. The van der Waals surface area contributed by atoms with Crippen molar-refractivity contribution in [3.63, 3.8) is 0 Å². The second-order valence-corrected chi connectivity index (χ2v) is 11.6. The molecule has 0 saturated carbocycles. The van der Waals surface area contributed by atoms with Gasteiger partial charge in [0.1, 0.15) is 11.5 Å². The van der Waals surface area contributed by atoms with Crippen LogP contribution in [-0.4, -0.2) is 61.7 Å². The number of nitrogens with one attached hydrogen (secondary N) is 1. The fraction of sp³-hybridized carbons (Fsp3) is 0.484. The molecular weight excluding hydrogens is 508 g/mol. The van der Waals surface area contributed by atoms with E-state index in [1.807, 2.05) is 42.5 Å². The summed E-state index contributed by atoms with van der Waals surface area (Å²) in [6.45, 7) is 16.2. The van der Waals surface area contributed by atoms with Crippen LogP contribution in [0.1, 0.15) is 57.5 Å². The van der Waals surface area contributed by atoms with Crippen LogP contribution in [0.2, 0.25) is 0 Å². The van der Waals surface area contributed by atoms with Gasteiger partial charge in [-0.15, -0.1) is 11.3 Å². The normalized spacial score (nSPS) is 11.5. The summed E-state index contributed by atoms with van der Waals surface area (Å²) in [4.78, 5) is 22.4. The molecule has 0 saturated heterocycles. The molecule has 0 radical (unpaired) electrons. The topological polar surface area (TPSA) is 66.9 Å². The Morgan fingerprint density at radius 3 is 2.23 bits per heavy atom. The van der Waals surface area contributed by atoms with Crippen LogP contribution in [0.4, 0.5) is 5.13 Å². The summed E-state index contributed by atoms with van der Waals surface area (Å²) in [6, 6.07) is 14.6. The van der Waals surface area contributed by atoms with Crippen molar-refractivity contribution in [3.8, 4) is 22.8 Å². The number of amides is 1. The summed E-state index contributed by atoms with van der Waals surface area (Å²) in [6.07, 6.45) is 0. The van der Waals surface area contributed by atoms with E-state index in [1.165, 1.54) is 0 Å². The molecule has 1 aromatic heterocycles. The molecule has 1 heterocycles. The number of rotatable bonds is 14. The molecule has 1 amide bonds. The van der Waals surface area contributed by atoms with Crippen molar-refractivity contribution in [1.82, 2.24) is 15.2 Å². The number of methoxy groups -OCH3 is 2. The number of aromatic nitrogens is 1. The SMILES string of the molecule is COc1ccc(OC)c(-c2csc(N(CCN(C(C)C)C(C)C)Cc3ccc(C(=O)NCC(C)C)cc3)n2)c1. The molecule has 0 fully saturated rings. The minimum absolute atomic E-state index is 0.0339. The zero-order valence-electron chi connectivity index (χ0n) is 24.7. The minimum Gasteiger partial charge on any atom is -0.497 e. The number of ether oxygens (including phenoxy) is 2. The maximum absolute atomic E-state index is 12.5. The summed E-state index contributed by atoms with van der Waals surface area (Å²) < 4.78 is 11.1. The summed E-state index contributed by atoms with van der Waals surface area (Å²) >= 11 is 1.63. The number of hydrogen-bond acceptors (Lipinski definition) is 7. The standard InChI is InChI=1S/C31H44N4O3S/c1-21(2)18-32-30(36)25-11-9-24(10-12-25)19-34(15-16-35(22(3)4)23(5)6)31-33-28(20-39-31)27-17-26(37-7)13-14-29(27)38-8/h9-14,17,20-23H,15-16,18-19H2,1-8H3,(H,32,36). The van der Waals surface area contributed by atoms with Crippen LogP contribution < -0.4 is 19.7 Å². The van der Waals surface area contributed by atoms with Crippen molar-refractivity contribution in [1.29, 1.82) is 0 Å². The third-order valence-corrected chi connectivity index (χ3v) is 7.56. The molecule has 0 aliphatic rings. The molecular formula is C31H44N4O3S. The van der Waals surface area contributed by atoms with E-state index in [0.717, 1.165) is 46.5 Å². The Kier molecular flexibility index (Phi) is 11.2. The number of carbonyl (C=O) groups excluding carboxylic acids is 1. The monoisotopic (exact) mass is 552 g/mol. The Balaban J connectivity index is 1.86. The number of thiazole rings is 1. The van der Waals surface area contributed by atoms with E-state index in [4.69, 9.17) is 14.5 Å². The fourth-order valence-corrected chi connectivity index (χ4v) is 5.37. The average Bonchev–Trinajstić information content (AvgIpc) is 3.41. The molecule has 7 nitrogen and oxygen atoms in total. The van der Waals surface area contributed by atoms with E-state index in [0.29, 0.717) is 36.7 Å². The zero-order chi connectivity index (χ0) is 28.5. The highest BCUT2D eigenvalue weighted by molar-refractivity contribution is 7.14. The molecule has 0 spiro atoms. The van der Waals surface area contributed by atoms with Crippen LogP contribution in [-0.2, 0) is 6.54 Å². The molecule has 3 rings (SSSR count). The maximum Gasteiger partial charge on any atom is 0.251 e. The van der Waals surface area contributed by atoms with Crippen molar-refractivity contribution in [2.24, 2.45) is 5.92 Å². The van der Waals surface area contributed by atoms with E-state index in [-0.39, 0.29) is 5.91 Å². The third-order valence-electron chi connectivity index (χ3n) is 6.66. The first kappa shape index (κ1) is 30.4. The largest absolute Gasteiger partial charge is 0.497 e. The van der Waals surface area contributed by atoms with Gasteiger partial charge in [-0.25, -0.2) is 4.98 Å². The van der Waals surface area contributed by atoms with Crippen molar-refractivity contribution >= 4 is 22.4 Å². The van der Waals surface area contributed by atoms with E-state index < -0.39 is 0 Å². The molecule has 0 bridgehead atoms. The molecule has 8 heteroatoms. The smallest absolute Gasteiger partial charge is 0.251 e. The van der Waals surface area contributed by atoms with Gasteiger partial charge in [-0.1, -0.05) is 26.0 Å². The highest BCUT2D eigenvalue weighted by Crippen LogP contribution is 2.36. The van der Waals surface area contributed by atoms with Gasteiger partial charge < -0.3 is 19.7 Å². The predicted molar refractivity (Wildman–Crippen MR) is 162 cm³/mol. The van der Waals surface area contributed by atoms with Gasteiger partial charge in [0.05, 0.1) is 19.9 Å². The lowest BCUT2D eigenvalue weighted by atomic mass is 10.1. The first-order valence-corrected chi connectivity index (χ1v) is 14.6. The molecule has 0 aliphatic carbocycles. The van der Waals surface area contributed by atoms with Crippen LogP contribution in [0.3, 0.4) is 0 Å². The average molecular weight is 553 g/mol. The number of benzene rings is 2. The lowest BCUT2D eigenvalue weighted by molar-refractivity contribution is 0.0949. The second kappa shape index (κ2) is 14.3. The van der Waals surface area contributed by atoms with Gasteiger partial charge in [0.25, 0.3) is 5.91 Å². The van der Waals surface area contributed by atoms with E-state index >= 15 is 0 Å². The van der Waals surface area contributed by atoms with Gasteiger partial charge in [0, 0.05) is 54.8 Å². The minimum atomic E-state index is -0.0339. The van der Waals surface area contributed by atoms with Crippen molar-refractivity contribution in [2.75, 3.05) is 38.8 Å². The molecule has 0 atom stereocenters. The maximum atomic E-state index is 12.5. The summed E-state index contributed by atoms with van der Waals surface area (Å²) in [5.74, 6) is 1.90. The van der Waals surface area contributed by atoms with Crippen molar-refractivity contribution in [3.05, 3.63) is 59.0 Å². The highest BCUT2D eigenvalue weighted by atomic mass is 32.1. The first-order chi connectivity index (χ1) is 18.6. The molecule has 3 aromatic rings. The number of nitrogens with zero attached hydrogens (tertiary/aromatic N) is 3.